The van der Waals surface area contributed by atoms with E-state index in [0.717, 1.165) is 19.5 Å². The fourth-order valence-corrected chi connectivity index (χ4v) is 2.52. The molecule has 0 bridgehead atoms. The number of hydrogen-bond donors (Lipinski definition) is 1. The van der Waals surface area contributed by atoms with Gasteiger partial charge in [0.2, 0.25) is 0 Å². The summed E-state index contributed by atoms with van der Waals surface area (Å²) in [6, 6.07) is 1.13. The summed E-state index contributed by atoms with van der Waals surface area (Å²) in [7, 11) is 2.19. The molecule has 0 amide bonds. The van der Waals surface area contributed by atoms with Crippen LogP contribution in [0, 0.1) is 0 Å². The normalized spacial score (nSPS) is 29.2. The fourth-order valence-electron chi connectivity index (χ4n) is 2.52. The molecule has 96 valence electrons. The first-order valence-electron chi connectivity index (χ1n) is 6.50. The molecule has 1 N–H and O–H groups in total. The summed E-state index contributed by atoms with van der Waals surface area (Å²) in [4.78, 5) is 5.00. The van der Waals surface area contributed by atoms with Crippen molar-refractivity contribution in [2.45, 2.75) is 58.2 Å². The van der Waals surface area contributed by atoms with Gasteiger partial charge in [0.1, 0.15) is 0 Å². The topological polar surface area (TPSA) is 26.7 Å². The quantitative estimate of drug-likeness (QED) is 0.791. The van der Waals surface area contributed by atoms with E-state index in [4.69, 9.17) is 5.11 Å². The zero-order valence-electron chi connectivity index (χ0n) is 11.5. The standard InChI is InChI=1S/C13H28N2O/c1-6-11(2)15-10-13(3,4)14(5)9-12(15)7-8-16/h11-12,16H,6-10H2,1-5H3. The molecule has 1 aliphatic heterocycles. The van der Waals surface area contributed by atoms with Crippen molar-refractivity contribution in [1.29, 1.82) is 0 Å². The number of likely N-dealkylation sites (N-methyl/N-ethyl adjacent to an activating group) is 1. The third-order valence-corrected chi connectivity index (χ3v) is 4.18. The molecule has 3 heteroatoms. The number of hydrogen-bond acceptors (Lipinski definition) is 3. The fraction of sp³-hybridized carbons (Fsp3) is 1.00. The molecule has 0 spiro atoms. The maximum Gasteiger partial charge on any atom is 0.0446 e. The average molecular weight is 228 g/mol. The molecule has 16 heavy (non-hydrogen) atoms. The highest BCUT2D eigenvalue weighted by Crippen LogP contribution is 2.26. The molecule has 2 atom stereocenters. The summed E-state index contributed by atoms with van der Waals surface area (Å²) >= 11 is 0. The van der Waals surface area contributed by atoms with E-state index in [2.05, 4.69) is 44.5 Å². The van der Waals surface area contributed by atoms with E-state index in [1.807, 2.05) is 0 Å². The van der Waals surface area contributed by atoms with Crippen LogP contribution in [0.4, 0.5) is 0 Å². The van der Waals surface area contributed by atoms with Gasteiger partial charge in [-0.15, -0.1) is 0 Å². The van der Waals surface area contributed by atoms with Gasteiger partial charge in [0.25, 0.3) is 0 Å². The Hall–Kier alpha value is -0.120. The van der Waals surface area contributed by atoms with Gasteiger partial charge in [-0.1, -0.05) is 6.92 Å². The Labute approximate surface area is 100 Å². The van der Waals surface area contributed by atoms with Gasteiger partial charge in [0.05, 0.1) is 0 Å². The Bertz CT molecular complexity index is 218. The zero-order chi connectivity index (χ0) is 12.3. The van der Waals surface area contributed by atoms with Gasteiger partial charge in [0, 0.05) is 37.3 Å². The second-order valence-electron chi connectivity index (χ2n) is 5.79. The van der Waals surface area contributed by atoms with Crippen molar-refractivity contribution in [3.8, 4) is 0 Å². The molecule has 0 saturated carbocycles. The third-order valence-electron chi connectivity index (χ3n) is 4.18. The Kier molecular flexibility index (Phi) is 4.77. The zero-order valence-corrected chi connectivity index (χ0v) is 11.5. The summed E-state index contributed by atoms with van der Waals surface area (Å²) in [6.45, 7) is 11.6. The summed E-state index contributed by atoms with van der Waals surface area (Å²) in [5.41, 5.74) is 0.245. The van der Waals surface area contributed by atoms with Crippen molar-refractivity contribution in [3.05, 3.63) is 0 Å². The van der Waals surface area contributed by atoms with Gasteiger partial charge in [-0.25, -0.2) is 0 Å². The molecule has 1 aliphatic rings. The van der Waals surface area contributed by atoms with Crippen LogP contribution in [0.2, 0.25) is 0 Å². The third kappa shape index (κ3) is 2.96. The molecule has 1 rings (SSSR count). The predicted octanol–water partition coefficient (Wildman–Crippen LogP) is 1.56. The molecule has 0 radical (unpaired) electrons. The lowest BCUT2D eigenvalue weighted by molar-refractivity contribution is -0.0289. The van der Waals surface area contributed by atoms with Crippen LogP contribution in [-0.4, -0.2) is 59.3 Å². The van der Waals surface area contributed by atoms with Gasteiger partial charge in [-0.3, -0.25) is 9.80 Å². The summed E-state index contributed by atoms with van der Waals surface area (Å²) in [5, 5.41) is 9.16. The van der Waals surface area contributed by atoms with Crippen LogP contribution in [0.3, 0.4) is 0 Å². The van der Waals surface area contributed by atoms with E-state index in [1.165, 1.54) is 6.42 Å². The van der Waals surface area contributed by atoms with E-state index < -0.39 is 0 Å². The SMILES string of the molecule is CCC(C)N1CC(C)(C)N(C)CC1CCO. The Morgan fingerprint density at radius 2 is 2.06 bits per heavy atom. The summed E-state index contributed by atoms with van der Waals surface area (Å²) < 4.78 is 0. The first kappa shape index (κ1) is 13.9. The van der Waals surface area contributed by atoms with Crippen LogP contribution >= 0.6 is 0 Å². The molecule has 3 nitrogen and oxygen atoms in total. The smallest absolute Gasteiger partial charge is 0.0446 e. The molecule has 1 saturated heterocycles. The maximum atomic E-state index is 9.16. The van der Waals surface area contributed by atoms with E-state index in [1.54, 1.807) is 0 Å². The molecule has 0 aromatic carbocycles. The minimum atomic E-state index is 0.245. The Morgan fingerprint density at radius 1 is 1.44 bits per heavy atom. The minimum Gasteiger partial charge on any atom is -0.396 e. The van der Waals surface area contributed by atoms with Crippen LogP contribution in [0.15, 0.2) is 0 Å². The minimum absolute atomic E-state index is 0.245. The monoisotopic (exact) mass is 228 g/mol. The molecular formula is C13H28N2O. The highest BCUT2D eigenvalue weighted by molar-refractivity contribution is 4.94. The van der Waals surface area contributed by atoms with Gasteiger partial charge in [-0.05, 0) is 40.7 Å². The number of nitrogens with zero attached hydrogens (tertiary/aromatic N) is 2. The van der Waals surface area contributed by atoms with E-state index in [0.29, 0.717) is 18.7 Å². The number of rotatable bonds is 4. The van der Waals surface area contributed by atoms with Crippen LogP contribution in [0.25, 0.3) is 0 Å². The molecule has 1 fully saturated rings. The molecule has 0 aliphatic carbocycles. The van der Waals surface area contributed by atoms with Crippen molar-refractivity contribution in [3.63, 3.8) is 0 Å². The van der Waals surface area contributed by atoms with Crippen molar-refractivity contribution >= 4 is 0 Å². The van der Waals surface area contributed by atoms with Crippen molar-refractivity contribution in [1.82, 2.24) is 9.80 Å². The molecule has 2 unspecified atom stereocenters. The van der Waals surface area contributed by atoms with Gasteiger partial charge in [-0.2, -0.15) is 0 Å². The van der Waals surface area contributed by atoms with Crippen LogP contribution < -0.4 is 0 Å². The molecule has 0 aromatic heterocycles. The first-order valence-corrected chi connectivity index (χ1v) is 6.50. The van der Waals surface area contributed by atoms with Gasteiger partial charge < -0.3 is 5.11 Å². The molecule has 0 aromatic rings. The lowest BCUT2D eigenvalue weighted by atomic mass is 9.93. The first-order chi connectivity index (χ1) is 7.42. The highest BCUT2D eigenvalue weighted by atomic mass is 16.3. The Morgan fingerprint density at radius 3 is 2.56 bits per heavy atom. The van der Waals surface area contributed by atoms with Crippen LogP contribution in [0.5, 0.6) is 0 Å². The number of aliphatic hydroxyl groups is 1. The van der Waals surface area contributed by atoms with Crippen molar-refractivity contribution < 1.29 is 5.11 Å². The number of piperazine rings is 1. The van der Waals surface area contributed by atoms with Crippen LogP contribution in [-0.2, 0) is 0 Å². The average Bonchev–Trinajstić information content (AvgIpc) is 2.22. The van der Waals surface area contributed by atoms with E-state index >= 15 is 0 Å². The van der Waals surface area contributed by atoms with E-state index in [-0.39, 0.29) is 5.54 Å². The highest BCUT2D eigenvalue weighted by Gasteiger charge is 2.37. The second-order valence-corrected chi connectivity index (χ2v) is 5.79. The lowest BCUT2D eigenvalue weighted by Crippen LogP contribution is -2.63. The Balaban J connectivity index is 2.75. The lowest BCUT2D eigenvalue weighted by Gasteiger charge is -2.51. The number of aliphatic hydroxyl groups excluding tert-OH is 1. The summed E-state index contributed by atoms with van der Waals surface area (Å²) in [6.07, 6.45) is 2.08. The maximum absolute atomic E-state index is 9.16. The summed E-state index contributed by atoms with van der Waals surface area (Å²) in [5.74, 6) is 0. The second kappa shape index (κ2) is 5.48. The van der Waals surface area contributed by atoms with Gasteiger partial charge >= 0.3 is 0 Å². The van der Waals surface area contributed by atoms with Crippen molar-refractivity contribution in [2.24, 2.45) is 0 Å². The van der Waals surface area contributed by atoms with Crippen molar-refractivity contribution in [2.75, 3.05) is 26.7 Å². The predicted molar refractivity (Wildman–Crippen MR) is 68.7 cm³/mol. The molecular weight excluding hydrogens is 200 g/mol. The largest absolute Gasteiger partial charge is 0.396 e. The van der Waals surface area contributed by atoms with Gasteiger partial charge in [0.15, 0.2) is 0 Å². The molecule has 1 heterocycles. The van der Waals surface area contributed by atoms with Crippen LogP contribution in [0.1, 0.15) is 40.5 Å². The van der Waals surface area contributed by atoms with E-state index in [9.17, 15) is 0 Å².